The highest BCUT2D eigenvalue weighted by Crippen LogP contribution is 2.25. The van der Waals surface area contributed by atoms with Crippen LogP contribution in [-0.4, -0.2) is 48.0 Å². The van der Waals surface area contributed by atoms with Gasteiger partial charge in [0.2, 0.25) is 0 Å². The summed E-state index contributed by atoms with van der Waals surface area (Å²) >= 11 is 0. The number of esters is 1. The molecule has 0 fully saturated rings. The van der Waals surface area contributed by atoms with Gasteiger partial charge in [-0.2, -0.15) is 0 Å². The molecule has 0 aliphatic heterocycles. The number of hydrogen-bond donors (Lipinski definition) is 2. The van der Waals surface area contributed by atoms with E-state index in [9.17, 15) is 9.90 Å². The van der Waals surface area contributed by atoms with Crippen LogP contribution < -0.4 is 10.1 Å². The van der Waals surface area contributed by atoms with E-state index < -0.39 is 6.10 Å². The largest absolute Gasteiger partial charge is 0.490 e. The molecule has 0 amide bonds. The van der Waals surface area contributed by atoms with Crippen LogP contribution >= 0.6 is 0 Å². The molecule has 0 aliphatic carbocycles. The lowest BCUT2D eigenvalue weighted by Crippen LogP contribution is -2.35. The molecule has 3 aromatic rings. The van der Waals surface area contributed by atoms with Crippen LogP contribution in [0.2, 0.25) is 0 Å². The third kappa shape index (κ3) is 10.3. The molecule has 1 unspecified atom stereocenters. The number of aliphatic hydroxyl groups excluding tert-OH is 1. The number of benzene rings is 2. The van der Waals surface area contributed by atoms with Crippen molar-refractivity contribution in [2.24, 2.45) is 0 Å². The van der Waals surface area contributed by atoms with Crippen LogP contribution in [0.4, 0.5) is 0 Å². The van der Waals surface area contributed by atoms with Crippen molar-refractivity contribution >= 4 is 16.7 Å². The summed E-state index contributed by atoms with van der Waals surface area (Å²) < 4.78 is 10.8. The number of hydrogen-bond acceptors (Lipinski definition) is 6. The first kappa shape index (κ1) is 27.3. The van der Waals surface area contributed by atoms with E-state index in [4.69, 9.17) is 9.47 Å². The van der Waals surface area contributed by atoms with Crippen molar-refractivity contribution in [1.82, 2.24) is 10.3 Å². The van der Waals surface area contributed by atoms with E-state index in [1.807, 2.05) is 30.3 Å². The second-order valence-electron chi connectivity index (χ2n) is 8.44. The maximum atomic E-state index is 11.4. The van der Waals surface area contributed by atoms with Crippen molar-refractivity contribution in [2.45, 2.75) is 58.6 Å². The van der Waals surface area contributed by atoms with Gasteiger partial charge in [0, 0.05) is 30.4 Å². The van der Waals surface area contributed by atoms with E-state index in [0.29, 0.717) is 31.4 Å². The Morgan fingerprint density at radius 2 is 1.82 bits per heavy atom. The van der Waals surface area contributed by atoms with Crippen molar-refractivity contribution in [3.05, 3.63) is 72.6 Å². The van der Waals surface area contributed by atoms with Crippen LogP contribution in [0.5, 0.6) is 5.75 Å². The van der Waals surface area contributed by atoms with E-state index in [0.717, 1.165) is 29.4 Å². The Morgan fingerprint density at radius 1 is 1.03 bits per heavy atom. The predicted molar refractivity (Wildman–Crippen MR) is 137 cm³/mol. The lowest BCUT2D eigenvalue weighted by molar-refractivity contribution is 0.0497. The minimum atomic E-state index is -0.499. The Kier molecular flexibility index (Phi) is 12.7. The number of unbranched alkanes of at least 4 members (excludes halogenated alkanes) is 3. The van der Waals surface area contributed by atoms with E-state index in [1.54, 1.807) is 18.3 Å². The number of rotatable bonds is 12. The first-order valence-electron chi connectivity index (χ1n) is 12.1. The number of pyridine rings is 1. The Bertz CT molecular complexity index is 958. The molecule has 184 valence electrons. The monoisotopic (exact) mass is 466 g/mol. The minimum Gasteiger partial charge on any atom is -0.490 e. The van der Waals surface area contributed by atoms with Crippen molar-refractivity contribution in [3.63, 3.8) is 0 Å². The third-order valence-electron chi connectivity index (χ3n) is 5.07. The van der Waals surface area contributed by atoms with Gasteiger partial charge in [0.05, 0.1) is 12.2 Å². The Morgan fingerprint density at radius 3 is 2.56 bits per heavy atom. The first-order valence-corrected chi connectivity index (χ1v) is 12.1. The van der Waals surface area contributed by atoms with E-state index >= 15 is 0 Å². The molecule has 0 radical (unpaired) electrons. The van der Waals surface area contributed by atoms with Crippen LogP contribution in [0.1, 0.15) is 56.8 Å². The number of aromatic nitrogens is 1. The lowest BCUT2D eigenvalue weighted by Gasteiger charge is -2.15. The zero-order valence-electron chi connectivity index (χ0n) is 20.6. The summed E-state index contributed by atoms with van der Waals surface area (Å²) in [6.07, 6.45) is 7.12. The number of carbonyl (C=O) groups excluding carboxylic acids is 1. The summed E-state index contributed by atoms with van der Waals surface area (Å²) in [7, 11) is 0. The van der Waals surface area contributed by atoms with Crippen molar-refractivity contribution in [2.75, 3.05) is 19.8 Å². The van der Waals surface area contributed by atoms with Gasteiger partial charge in [-0.3, -0.25) is 4.98 Å². The number of fused-ring (bicyclic) bond motifs is 1. The SMILES string of the molecule is CC(C)NCC(O)COc1cccc2ccccc12.CCCCCCOC(=O)c1cccnc1. The molecule has 0 saturated carbocycles. The van der Waals surface area contributed by atoms with Crippen LogP contribution in [0.25, 0.3) is 10.8 Å². The fourth-order valence-electron chi connectivity index (χ4n) is 3.20. The van der Waals surface area contributed by atoms with Crippen LogP contribution in [-0.2, 0) is 4.74 Å². The predicted octanol–water partition coefficient (Wildman–Crippen LogP) is 5.40. The Hall–Kier alpha value is -2.96. The highest BCUT2D eigenvalue weighted by atomic mass is 16.5. The van der Waals surface area contributed by atoms with Gasteiger partial charge in [0.15, 0.2) is 0 Å². The zero-order chi connectivity index (χ0) is 24.6. The fraction of sp³-hybridized carbons (Fsp3) is 0.429. The second kappa shape index (κ2) is 15.8. The molecular weight excluding hydrogens is 428 g/mol. The summed E-state index contributed by atoms with van der Waals surface area (Å²) in [5.41, 5.74) is 0.521. The first-order chi connectivity index (χ1) is 16.5. The van der Waals surface area contributed by atoms with Gasteiger partial charge in [-0.05, 0) is 30.0 Å². The number of ether oxygens (including phenoxy) is 2. The molecule has 0 bridgehead atoms. The molecule has 2 aromatic carbocycles. The van der Waals surface area contributed by atoms with Crippen LogP contribution in [0, 0.1) is 0 Å². The molecule has 1 aromatic heterocycles. The van der Waals surface area contributed by atoms with E-state index in [1.165, 1.54) is 19.0 Å². The molecule has 2 N–H and O–H groups in total. The van der Waals surface area contributed by atoms with Gasteiger partial charge in [0.1, 0.15) is 18.5 Å². The topological polar surface area (TPSA) is 80.7 Å². The van der Waals surface area contributed by atoms with Crippen LogP contribution in [0.3, 0.4) is 0 Å². The average Bonchev–Trinajstić information content (AvgIpc) is 2.87. The molecule has 6 nitrogen and oxygen atoms in total. The van der Waals surface area contributed by atoms with E-state index in [-0.39, 0.29) is 5.97 Å². The summed E-state index contributed by atoms with van der Waals surface area (Å²) in [5, 5.41) is 15.3. The summed E-state index contributed by atoms with van der Waals surface area (Å²) in [6, 6.07) is 17.9. The number of nitrogens with zero attached hydrogens (tertiary/aromatic N) is 1. The standard InChI is InChI=1S/C16H21NO2.C12H17NO2/c1-12(2)17-10-14(18)11-19-16-9-5-7-13-6-3-4-8-15(13)16;1-2-3-4-5-9-15-12(14)11-7-6-8-13-10-11/h3-9,12,14,17-18H,10-11H2,1-2H3;6-8,10H,2-5,9H2,1H3. The van der Waals surface area contributed by atoms with E-state index in [2.05, 4.69) is 43.2 Å². The van der Waals surface area contributed by atoms with Gasteiger partial charge in [0.25, 0.3) is 0 Å². The molecular formula is C28H38N2O4. The maximum Gasteiger partial charge on any atom is 0.339 e. The lowest BCUT2D eigenvalue weighted by atomic mass is 10.1. The van der Waals surface area contributed by atoms with Gasteiger partial charge in [-0.25, -0.2) is 4.79 Å². The fourth-order valence-corrected chi connectivity index (χ4v) is 3.20. The Labute approximate surface area is 203 Å². The highest BCUT2D eigenvalue weighted by Gasteiger charge is 2.08. The molecule has 6 heteroatoms. The molecule has 0 saturated heterocycles. The molecule has 1 heterocycles. The van der Waals surface area contributed by atoms with Crippen LogP contribution in [0.15, 0.2) is 67.0 Å². The molecule has 34 heavy (non-hydrogen) atoms. The summed E-state index contributed by atoms with van der Waals surface area (Å²) in [6.45, 7) is 7.61. The summed E-state index contributed by atoms with van der Waals surface area (Å²) in [4.78, 5) is 15.3. The number of aliphatic hydroxyl groups is 1. The van der Waals surface area contributed by atoms with Gasteiger partial charge < -0.3 is 19.9 Å². The number of carbonyl (C=O) groups is 1. The zero-order valence-corrected chi connectivity index (χ0v) is 20.6. The van der Waals surface area contributed by atoms with Crippen molar-refractivity contribution < 1.29 is 19.4 Å². The molecule has 1 atom stereocenters. The third-order valence-corrected chi connectivity index (χ3v) is 5.07. The van der Waals surface area contributed by atoms with Crippen molar-refractivity contribution in [3.8, 4) is 5.75 Å². The quantitative estimate of drug-likeness (QED) is 0.275. The van der Waals surface area contributed by atoms with Gasteiger partial charge in [-0.15, -0.1) is 0 Å². The number of nitrogens with one attached hydrogen (secondary N) is 1. The maximum absolute atomic E-state index is 11.4. The smallest absolute Gasteiger partial charge is 0.339 e. The molecule has 0 aliphatic rings. The normalized spacial score (nSPS) is 11.6. The van der Waals surface area contributed by atoms with Gasteiger partial charge >= 0.3 is 5.97 Å². The average molecular weight is 467 g/mol. The second-order valence-corrected chi connectivity index (χ2v) is 8.44. The molecule has 0 spiro atoms. The van der Waals surface area contributed by atoms with Gasteiger partial charge in [-0.1, -0.05) is 76.4 Å². The molecule has 3 rings (SSSR count). The minimum absolute atomic E-state index is 0.278. The highest BCUT2D eigenvalue weighted by molar-refractivity contribution is 5.89. The Balaban J connectivity index is 0.000000248. The summed E-state index contributed by atoms with van der Waals surface area (Å²) in [5.74, 6) is 0.543. The van der Waals surface area contributed by atoms with Crippen molar-refractivity contribution in [1.29, 1.82) is 0 Å².